The second kappa shape index (κ2) is 6.85. The number of benzene rings is 1. The third-order valence-corrected chi connectivity index (χ3v) is 5.61. The monoisotopic (exact) mass is 332 g/mol. The van der Waals surface area contributed by atoms with Gasteiger partial charge in [-0.25, -0.2) is 4.98 Å². The van der Waals surface area contributed by atoms with Gasteiger partial charge in [0.05, 0.1) is 11.6 Å². The first-order valence-electron chi connectivity index (χ1n) is 9.14. The van der Waals surface area contributed by atoms with Gasteiger partial charge in [0.2, 0.25) is 0 Å². The lowest BCUT2D eigenvalue weighted by atomic mass is 9.79. The lowest BCUT2D eigenvalue weighted by molar-refractivity contribution is 0.216. The van der Waals surface area contributed by atoms with E-state index in [4.69, 9.17) is 5.26 Å². The highest BCUT2D eigenvalue weighted by molar-refractivity contribution is 5.39. The highest BCUT2D eigenvalue weighted by Gasteiger charge is 2.41. The van der Waals surface area contributed by atoms with Gasteiger partial charge in [-0.2, -0.15) is 5.26 Å². The number of rotatable bonds is 3. The third-order valence-electron chi connectivity index (χ3n) is 5.61. The van der Waals surface area contributed by atoms with Crippen molar-refractivity contribution in [3.05, 3.63) is 59.8 Å². The minimum Gasteiger partial charge on any atom is -0.356 e. The molecule has 1 aromatic carbocycles. The minimum absolute atomic E-state index is 0.391. The minimum atomic E-state index is 0.391. The van der Waals surface area contributed by atoms with Gasteiger partial charge in [0, 0.05) is 37.8 Å². The zero-order chi connectivity index (χ0) is 17.1. The molecule has 2 aliphatic heterocycles. The molecule has 4 rings (SSSR count). The summed E-state index contributed by atoms with van der Waals surface area (Å²) in [4.78, 5) is 9.56. The Morgan fingerprint density at radius 1 is 1.08 bits per heavy atom. The van der Waals surface area contributed by atoms with Crippen molar-refractivity contribution >= 4 is 5.82 Å². The van der Waals surface area contributed by atoms with E-state index in [-0.39, 0.29) is 0 Å². The number of likely N-dealkylation sites (tertiary alicyclic amines) is 1. The van der Waals surface area contributed by atoms with Crippen LogP contribution in [0.3, 0.4) is 0 Å². The molecule has 1 aromatic heterocycles. The van der Waals surface area contributed by atoms with Crippen molar-refractivity contribution in [1.82, 2.24) is 9.88 Å². The summed E-state index contributed by atoms with van der Waals surface area (Å²) in [6.45, 7) is 5.46. The molecule has 2 aliphatic rings. The van der Waals surface area contributed by atoms with Gasteiger partial charge in [0.1, 0.15) is 5.82 Å². The van der Waals surface area contributed by atoms with Gasteiger partial charge in [-0.1, -0.05) is 18.2 Å². The first-order valence-corrected chi connectivity index (χ1v) is 9.14. The molecule has 1 spiro atoms. The van der Waals surface area contributed by atoms with Crippen LogP contribution in [0.4, 0.5) is 5.82 Å². The summed E-state index contributed by atoms with van der Waals surface area (Å²) in [5.41, 5.74) is 2.39. The lowest BCUT2D eigenvalue weighted by Gasteiger charge is -2.41. The van der Waals surface area contributed by atoms with Crippen molar-refractivity contribution in [2.45, 2.75) is 25.8 Å². The van der Waals surface area contributed by atoms with Gasteiger partial charge >= 0.3 is 0 Å². The fraction of sp³-hybridized carbons (Fsp3) is 0.429. The summed E-state index contributed by atoms with van der Waals surface area (Å²) in [7, 11) is 0. The molecule has 4 heteroatoms. The maximum absolute atomic E-state index is 9.08. The van der Waals surface area contributed by atoms with Crippen LogP contribution in [-0.4, -0.2) is 36.1 Å². The molecule has 3 heterocycles. The standard InChI is InChI=1S/C21H24N4/c22-14-18-5-3-6-19(13-18)15-24-12-9-21(16-24)8-4-11-25(17-21)20-7-1-2-10-23-20/h1-3,5-7,10,13H,4,8-9,11-12,15-17H2. The Morgan fingerprint density at radius 2 is 2.04 bits per heavy atom. The normalized spacial score (nSPS) is 23.7. The van der Waals surface area contributed by atoms with Crippen molar-refractivity contribution in [2.75, 3.05) is 31.1 Å². The van der Waals surface area contributed by atoms with Crippen molar-refractivity contribution in [3.63, 3.8) is 0 Å². The molecular formula is C21H24N4. The summed E-state index contributed by atoms with van der Waals surface area (Å²) in [6.07, 6.45) is 5.70. The Labute approximate surface area is 149 Å². The predicted octanol–water partition coefficient (Wildman–Crippen LogP) is 3.45. The molecule has 2 saturated heterocycles. The predicted molar refractivity (Wildman–Crippen MR) is 99.2 cm³/mol. The van der Waals surface area contributed by atoms with E-state index in [1.165, 1.54) is 24.8 Å². The van der Waals surface area contributed by atoms with Gasteiger partial charge in [0.15, 0.2) is 0 Å². The van der Waals surface area contributed by atoms with E-state index in [1.54, 1.807) is 0 Å². The fourth-order valence-electron chi connectivity index (χ4n) is 4.44. The Balaban J connectivity index is 1.43. The second-order valence-corrected chi connectivity index (χ2v) is 7.49. The quantitative estimate of drug-likeness (QED) is 0.863. The molecule has 0 N–H and O–H groups in total. The van der Waals surface area contributed by atoms with E-state index in [9.17, 15) is 0 Å². The molecule has 2 fully saturated rings. The topological polar surface area (TPSA) is 43.2 Å². The zero-order valence-electron chi connectivity index (χ0n) is 14.6. The van der Waals surface area contributed by atoms with Gasteiger partial charge < -0.3 is 4.90 Å². The van der Waals surface area contributed by atoms with E-state index in [1.807, 2.05) is 30.5 Å². The Kier molecular flexibility index (Phi) is 4.42. The molecule has 4 nitrogen and oxygen atoms in total. The van der Waals surface area contributed by atoms with Crippen LogP contribution in [0.5, 0.6) is 0 Å². The Morgan fingerprint density at radius 3 is 2.88 bits per heavy atom. The van der Waals surface area contributed by atoms with Gasteiger partial charge in [-0.15, -0.1) is 0 Å². The molecular weight excluding hydrogens is 308 g/mol. The van der Waals surface area contributed by atoms with Gasteiger partial charge in [-0.3, -0.25) is 4.90 Å². The van der Waals surface area contributed by atoms with E-state index in [0.29, 0.717) is 5.41 Å². The SMILES string of the molecule is N#Cc1cccc(CN2CCC3(CCCN(c4ccccn4)C3)C2)c1. The number of hydrogen-bond acceptors (Lipinski definition) is 4. The zero-order valence-corrected chi connectivity index (χ0v) is 14.6. The molecule has 0 radical (unpaired) electrons. The number of pyridine rings is 1. The molecule has 0 amide bonds. The van der Waals surface area contributed by atoms with Crippen LogP contribution >= 0.6 is 0 Å². The van der Waals surface area contributed by atoms with Crippen molar-refractivity contribution in [2.24, 2.45) is 5.41 Å². The molecule has 1 atom stereocenters. The second-order valence-electron chi connectivity index (χ2n) is 7.49. The van der Waals surface area contributed by atoms with Crippen LogP contribution in [0, 0.1) is 16.7 Å². The van der Waals surface area contributed by atoms with Crippen molar-refractivity contribution in [1.29, 1.82) is 5.26 Å². The smallest absolute Gasteiger partial charge is 0.128 e. The molecule has 1 unspecified atom stereocenters. The van der Waals surface area contributed by atoms with E-state index >= 15 is 0 Å². The molecule has 0 saturated carbocycles. The molecule has 128 valence electrons. The number of aromatic nitrogens is 1. The fourth-order valence-corrected chi connectivity index (χ4v) is 4.44. The summed E-state index contributed by atoms with van der Waals surface area (Å²) in [5.74, 6) is 1.11. The van der Waals surface area contributed by atoms with E-state index < -0.39 is 0 Å². The number of piperidine rings is 1. The van der Waals surface area contributed by atoms with Gasteiger partial charge in [-0.05, 0) is 55.6 Å². The first kappa shape index (κ1) is 16.1. The highest BCUT2D eigenvalue weighted by Crippen LogP contribution is 2.40. The largest absolute Gasteiger partial charge is 0.356 e. The average Bonchev–Trinajstić information content (AvgIpc) is 3.04. The van der Waals surface area contributed by atoms with Crippen LogP contribution in [0.15, 0.2) is 48.7 Å². The van der Waals surface area contributed by atoms with Crippen molar-refractivity contribution < 1.29 is 0 Å². The first-order chi connectivity index (χ1) is 12.3. The molecule has 25 heavy (non-hydrogen) atoms. The summed E-state index contributed by atoms with van der Waals surface area (Å²) in [5, 5.41) is 9.08. The Bertz CT molecular complexity index is 767. The van der Waals surface area contributed by atoms with E-state index in [2.05, 4.69) is 39.1 Å². The molecule has 0 bridgehead atoms. The summed E-state index contributed by atoms with van der Waals surface area (Å²) >= 11 is 0. The average molecular weight is 332 g/mol. The van der Waals surface area contributed by atoms with Crippen LogP contribution in [0.25, 0.3) is 0 Å². The van der Waals surface area contributed by atoms with Crippen molar-refractivity contribution in [3.8, 4) is 6.07 Å². The maximum atomic E-state index is 9.08. The Hall–Kier alpha value is -2.38. The number of hydrogen-bond donors (Lipinski definition) is 0. The van der Waals surface area contributed by atoms with Crippen LogP contribution in [-0.2, 0) is 6.54 Å². The maximum Gasteiger partial charge on any atom is 0.128 e. The van der Waals surface area contributed by atoms with Crippen LogP contribution in [0.1, 0.15) is 30.4 Å². The number of anilines is 1. The molecule has 2 aromatic rings. The van der Waals surface area contributed by atoms with Gasteiger partial charge in [0.25, 0.3) is 0 Å². The summed E-state index contributed by atoms with van der Waals surface area (Å²) in [6, 6.07) is 16.4. The highest BCUT2D eigenvalue weighted by atomic mass is 15.2. The molecule has 0 aliphatic carbocycles. The van der Waals surface area contributed by atoms with Crippen LogP contribution in [0.2, 0.25) is 0 Å². The third kappa shape index (κ3) is 3.52. The van der Waals surface area contributed by atoms with E-state index in [0.717, 1.165) is 44.1 Å². The number of nitrogens with zero attached hydrogens (tertiary/aromatic N) is 4. The summed E-state index contributed by atoms with van der Waals surface area (Å²) < 4.78 is 0. The lowest BCUT2D eigenvalue weighted by Crippen LogP contribution is -2.45. The number of nitriles is 1. The van der Waals surface area contributed by atoms with Crippen LogP contribution < -0.4 is 4.90 Å².